The summed E-state index contributed by atoms with van der Waals surface area (Å²) in [5, 5.41) is 8.70. The van der Waals surface area contributed by atoms with Crippen molar-refractivity contribution in [2.75, 3.05) is 34.9 Å². The van der Waals surface area contributed by atoms with Gasteiger partial charge in [-0.05, 0) is 35.6 Å². The maximum atomic E-state index is 5.38. The molecule has 1 heterocycles. The van der Waals surface area contributed by atoms with E-state index in [1.165, 1.54) is 4.88 Å². The number of aliphatic imine (C=N–C) groups is 1. The largest absolute Gasteiger partial charge is 0.493 e. The normalized spacial score (nSPS) is 11.1. The van der Waals surface area contributed by atoms with Gasteiger partial charge < -0.3 is 24.8 Å². The van der Waals surface area contributed by atoms with Crippen molar-refractivity contribution in [1.29, 1.82) is 0 Å². The van der Waals surface area contributed by atoms with E-state index >= 15 is 0 Å². The summed E-state index contributed by atoms with van der Waals surface area (Å²) >= 11 is 1.76. The van der Waals surface area contributed by atoms with Gasteiger partial charge in [-0.2, -0.15) is 0 Å². The average Bonchev–Trinajstić information content (AvgIpc) is 3.16. The Morgan fingerprint density at radius 3 is 2.32 bits per heavy atom. The number of nitrogens with one attached hydrogen (secondary N) is 2. The number of thiophene rings is 1. The quantitative estimate of drug-likeness (QED) is 0.558. The second-order valence-electron chi connectivity index (χ2n) is 5.22. The van der Waals surface area contributed by atoms with E-state index in [9.17, 15) is 0 Å². The minimum absolute atomic E-state index is 0.590. The predicted molar refractivity (Wildman–Crippen MR) is 102 cm³/mol. The first-order valence-corrected chi connectivity index (χ1v) is 8.85. The van der Waals surface area contributed by atoms with E-state index in [0.29, 0.717) is 23.8 Å². The van der Waals surface area contributed by atoms with Crippen LogP contribution in [0.15, 0.2) is 34.6 Å². The van der Waals surface area contributed by atoms with Gasteiger partial charge in [0.1, 0.15) is 0 Å². The summed E-state index contributed by atoms with van der Waals surface area (Å²) in [5.74, 6) is 2.62. The Hall–Kier alpha value is -2.41. The van der Waals surface area contributed by atoms with Gasteiger partial charge in [-0.25, -0.2) is 0 Å². The molecule has 2 N–H and O–H groups in total. The molecule has 0 saturated heterocycles. The molecule has 0 fully saturated rings. The van der Waals surface area contributed by atoms with Crippen molar-refractivity contribution < 1.29 is 14.2 Å². The molecule has 2 aromatic rings. The van der Waals surface area contributed by atoms with E-state index in [0.717, 1.165) is 24.5 Å². The van der Waals surface area contributed by atoms with Crippen LogP contribution in [0.4, 0.5) is 0 Å². The summed E-state index contributed by atoms with van der Waals surface area (Å²) in [6, 6.07) is 8.05. The highest BCUT2D eigenvalue weighted by molar-refractivity contribution is 7.09. The summed E-state index contributed by atoms with van der Waals surface area (Å²) in [7, 11) is 6.58. The lowest BCUT2D eigenvalue weighted by Gasteiger charge is -2.15. The van der Waals surface area contributed by atoms with E-state index in [1.807, 2.05) is 12.1 Å². The third-order valence-corrected chi connectivity index (χ3v) is 4.59. The van der Waals surface area contributed by atoms with Gasteiger partial charge in [0.2, 0.25) is 5.75 Å². The number of ether oxygens (including phenoxy) is 3. The zero-order valence-electron chi connectivity index (χ0n) is 15.1. The van der Waals surface area contributed by atoms with Gasteiger partial charge in [0.15, 0.2) is 17.5 Å². The maximum absolute atomic E-state index is 5.38. The second-order valence-corrected chi connectivity index (χ2v) is 6.25. The molecular weight excluding hydrogens is 338 g/mol. The van der Waals surface area contributed by atoms with Gasteiger partial charge in [0.05, 0.1) is 21.3 Å². The Balaban J connectivity index is 1.94. The standard InChI is InChI=1S/C18H25N3O3S/c1-19-18(20-8-7-14-6-5-9-25-14)21-12-13-10-15(22-2)17(24-4)16(11-13)23-3/h5-6,9-11H,7-8,12H2,1-4H3,(H2,19,20,21). The van der Waals surface area contributed by atoms with Crippen molar-refractivity contribution in [2.45, 2.75) is 13.0 Å². The third kappa shape index (κ3) is 5.29. The third-order valence-electron chi connectivity index (χ3n) is 3.65. The molecule has 0 unspecified atom stereocenters. The number of rotatable bonds is 8. The maximum Gasteiger partial charge on any atom is 0.203 e. The van der Waals surface area contributed by atoms with E-state index in [1.54, 1.807) is 39.7 Å². The second kappa shape index (κ2) is 9.78. The van der Waals surface area contributed by atoms with E-state index in [-0.39, 0.29) is 0 Å². The van der Waals surface area contributed by atoms with Gasteiger partial charge in [0.25, 0.3) is 0 Å². The molecule has 7 heteroatoms. The summed E-state index contributed by atoms with van der Waals surface area (Å²) in [6.45, 7) is 1.42. The van der Waals surface area contributed by atoms with Crippen molar-refractivity contribution in [1.82, 2.24) is 10.6 Å². The summed E-state index contributed by atoms with van der Waals surface area (Å²) in [6.07, 6.45) is 0.975. The molecule has 0 aliphatic rings. The fourth-order valence-electron chi connectivity index (χ4n) is 2.40. The minimum Gasteiger partial charge on any atom is -0.493 e. The lowest BCUT2D eigenvalue weighted by atomic mass is 10.2. The van der Waals surface area contributed by atoms with Crippen LogP contribution in [-0.2, 0) is 13.0 Å². The molecule has 0 atom stereocenters. The number of methoxy groups -OCH3 is 3. The molecule has 1 aromatic heterocycles. The smallest absolute Gasteiger partial charge is 0.203 e. The number of guanidine groups is 1. The fourth-order valence-corrected chi connectivity index (χ4v) is 3.11. The highest BCUT2D eigenvalue weighted by Crippen LogP contribution is 2.38. The number of hydrogen-bond acceptors (Lipinski definition) is 5. The molecule has 136 valence electrons. The minimum atomic E-state index is 0.590. The molecule has 1 aromatic carbocycles. The Kier molecular flexibility index (Phi) is 7.40. The van der Waals surface area contributed by atoms with Crippen LogP contribution in [0.25, 0.3) is 0 Å². The Morgan fingerprint density at radius 2 is 1.80 bits per heavy atom. The highest BCUT2D eigenvalue weighted by Gasteiger charge is 2.13. The first-order chi connectivity index (χ1) is 12.2. The van der Waals surface area contributed by atoms with Crippen molar-refractivity contribution in [3.05, 3.63) is 40.1 Å². The van der Waals surface area contributed by atoms with Crippen LogP contribution in [0.2, 0.25) is 0 Å². The fraction of sp³-hybridized carbons (Fsp3) is 0.389. The van der Waals surface area contributed by atoms with Gasteiger partial charge >= 0.3 is 0 Å². The molecule has 0 bridgehead atoms. The SMILES string of the molecule is CN=C(NCCc1cccs1)NCc1cc(OC)c(OC)c(OC)c1. The van der Waals surface area contributed by atoms with Crippen LogP contribution in [0.1, 0.15) is 10.4 Å². The Labute approximate surface area is 152 Å². The number of hydrogen-bond donors (Lipinski definition) is 2. The predicted octanol–water partition coefficient (Wildman–Crippen LogP) is 2.68. The molecule has 0 saturated carbocycles. The van der Waals surface area contributed by atoms with Gasteiger partial charge in [-0.15, -0.1) is 11.3 Å². The van der Waals surface area contributed by atoms with Crippen LogP contribution in [0, 0.1) is 0 Å². The van der Waals surface area contributed by atoms with Crippen LogP contribution >= 0.6 is 11.3 Å². The van der Waals surface area contributed by atoms with Crippen molar-refractivity contribution in [3.8, 4) is 17.2 Å². The monoisotopic (exact) mass is 363 g/mol. The van der Waals surface area contributed by atoms with E-state index < -0.39 is 0 Å². The Morgan fingerprint density at radius 1 is 1.08 bits per heavy atom. The van der Waals surface area contributed by atoms with E-state index in [4.69, 9.17) is 14.2 Å². The summed E-state index contributed by atoms with van der Waals surface area (Å²) in [5.41, 5.74) is 1.01. The molecule has 0 aliphatic carbocycles. The number of nitrogens with zero attached hydrogens (tertiary/aromatic N) is 1. The molecule has 0 aliphatic heterocycles. The van der Waals surface area contributed by atoms with E-state index in [2.05, 4.69) is 33.1 Å². The summed E-state index contributed by atoms with van der Waals surface area (Å²) < 4.78 is 16.1. The number of benzene rings is 1. The molecule has 0 amide bonds. The van der Waals surface area contributed by atoms with Gasteiger partial charge in [-0.1, -0.05) is 6.07 Å². The van der Waals surface area contributed by atoms with Crippen LogP contribution in [0.5, 0.6) is 17.2 Å². The highest BCUT2D eigenvalue weighted by atomic mass is 32.1. The molecular formula is C18H25N3O3S. The average molecular weight is 363 g/mol. The van der Waals surface area contributed by atoms with Crippen LogP contribution < -0.4 is 24.8 Å². The molecule has 25 heavy (non-hydrogen) atoms. The lowest BCUT2D eigenvalue weighted by Crippen LogP contribution is -2.37. The topological polar surface area (TPSA) is 64.1 Å². The first-order valence-electron chi connectivity index (χ1n) is 7.97. The summed E-state index contributed by atoms with van der Waals surface area (Å²) in [4.78, 5) is 5.61. The molecule has 0 radical (unpaired) electrons. The van der Waals surface area contributed by atoms with Gasteiger partial charge in [0, 0.05) is 25.0 Å². The van der Waals surface area contributed by atoms with Crippen LogP contribution in [0.3, 0.4) is 0 Å². The molecule has 0 spiro atoms. The zero-order valence-corrected chi connectivity index (χ0v) is 15.9. The van der Waals surface area contributed by atoms with Crippen LogP contribution in [-0.4, -0.2) is 40.9 Å². The Bertz CT molecular complexity index is 662. The molecule has 6 nitrogen and oxygen atoms in total. The lowest BCUT2D eigenvalue weighted by molar-refractivity contribution is 0.323. The van der Waals surface area contributed by atoms with Crippen molar-refractivity contribution in [2.24, 2.45) is 4.99 Å². The van der Waals surface area contributed by atoms with Crippen molar-refractivity contribution in [3.63, 3.8) is 0 Å². The zero-order chi connectivity index (χ0) is 18.1. The van der Waals surface area contributed by atoms with Crippen molar-refractivity contribution >= 4 is 17.3 Å². The molecule has 2 rings (SSSR count). The van der Waals surface area contributed by atoms with Gasteiger partial charge in [-0.3, -0.25) is 4.99 Å². The first kappa shape index (κ1) is 18.9.